The van der Waals surface area contributed by atoms with Gasteiger partial charge in [0.15, 0.2) is 6.04 Å². The molecular weight excluding hydrogens is 465 g/mol. The number of alkyl halides is 3. The molecule has 0 radical (unpaired) electrons. The molecule has 0 saturated carbocycles. The molecule has 1 aliphatic heterocycles. The Kier molecular flexibility index (Phi) is 6.26. The fourth-order valence-electron chi connectivity index (χ4n) is 4.47. The molecule has 0 aliphatic carbocycles. The van der Waals surface area contributed by atoms with E-state index in [1.165, 1.54) is 11.8 Å². The number of nitrogens with one attached hydrogen (secondary N) is 2. The van der Waals surface area contributed by atoms with E-state index in [0.717, 1.165) is 26.9 Å². The highest BCUT2D eigenvalue weighted by Crippen LogP contribution is 2.44. The van der Waals surface area contributed by atoms with Crippen LogP contribution in [0.1, 0.15) is 45.6 Å². The van der Waals surface area contributed by atoms with Gasteiger partial charge in [-0.25, -0.2) is 4.68 Å². The van der Waals surface area contributed by atoms with Crippen LogP contribution in [-0.4, -0.2) is 21.9 Å². The van der Waals surface area contributed by atoms with Crippen LogP contribution in [0.4, 0.5) is 19.0 Å². The second kappa shape index (κ2) is 9.53. The molecule has 2 atom stereocenters. The van der Waals surface area contributed by atoms with Crippen LogP contribution in [0.2, 0.25) is 0 Å². The maximum atomic E-state index is 13.9. The summed E-state index contributed by atoms with van der Waals surface area (Å²) in [6, 6.07) is 22.5. The third-order valence-electron chi connectivity index (χ3n) is 6.48. The first-order valence-electron chi connectivity index (χ1n) is 11.7. The van der Waals surface area contributed by atoms with Crippen molar-refractivity contribution in [3.05, 3.63) is 107 Å². The first kappa shape index (κ1) is 23.7. The number of halogens is 3. The van der Waals surface area contributed by atoms with Gasteiger partial charge in [-0.05, 0) is 29.2 Å². The van der Waals surface area contributed by atoms with Gasteiger partial charge in [0.05, 0.1) is 12.2 Å². The molecule has 2 heterocycles. The highest BCUT2D eigenvalue weighted by molar-refractivity contribution is 5.98. The van der Waals surface area contributed by atoms with E-state index in [4.69, 9.17) is 0 Å². The zero-order valence-corrected chi connectivity index (χ0v) is 19.6. The van der Waals surface area contributed by atoms with Crippen LogP contribution in [0.3, 0.4) is 0 Å². The number of anilines is 1. The summed E-state index contributed by atoms with van der Waals surface area (Å²) in [4.78, 5) is 13.0. The quantitative estimate of drug-likeness (QED) is 0.338. The molecule has 0 saturated heterocycles. The van der Waals surface area contributed by atoms with Gasteiger partial charge in [0.25, 0.3) is 5.91 Å². The van der Waals surface area contributed by atoms with Gasteiger partial charge in [-0.1, -0.05) is 84.4 Å². The molecule has 5 rings (SSSR count). The molecule has 3 aromatic carbocycles. The van der Waals surface area contributed by atoms with Crippen molar-refractivity contribution >= 4 is 11.7 Å². The maximum absolute atomic E-state index is 13.9. The second-order valence-electron chi connectivity index (χ2n) is 9.00. The Morgan fingerprint density at radius 3 is 2.28 bits per heavy atom. The molecule has 0 bridgehead atoms. The van der Waals surface area contributed by atoms with Gasteiger partial charge in [0.2, 0.25) is 0 Å². The normalized spacial score (nSPS) is 17.2. The van der Waals surface area contributed by atoms with E-state index in [1.807, 2.05) is 37.3 Å². The van der Waals surface area contributed by atoms with Gasteiger partial charge in [-0.15, -0.1) is 0 Å². The van der Waals surface area contributed by atoms with Crippen LogP contribution < -0.4 is 10.6 Å². The lowest BCUT2D eigenvalue weighted by Gasteiger charge is -2.34. The zero-order chi connectivity index (χ0) is 25.3. The molecule has 184 valence electrons. The molecule has 0 spiro atoms. The summed E-state index contributed by atoms with van der Waals surface area (Å²) in [5, 5.41) is 9.86. The highest BCUT2D eigenvalue weighted by Gasteiger charge is 2.47. The summed E-state index contributed by atoms with van der Waals surface area (Å²) in [5.41, 5.74) is 5.03. The number of benzene rings is 3. The topological polar surface area (TPSA) is 59.0 Å². The van der Waals surface area contributed by atoms with Crippen LogP contribution >= 0.6 is 0 Å². The first-order chi connectivity index (χ1) is 17.3. The maximum Gasteiger partial charge on any atom is 0.410 e. The predicted octanol–water partition coefficient (Wildman–Crippen LogP) is 6.45. The standard InChI is InChI=1S/C28H25F3N4O/c1-18-7-11-20(12-8-18)21-13-9-19(10-14-21)16-32-27(36)23-17-33-35-25(28(29,30)31)15-24(34-26(23)35)22-5-3-2-4-6-22/h2-14,17,24-25,34H,15-16H2,1H3,(H,32,36). The monoisotopic (exact) mass is 490 g/mol. The minimum atomic E-state index is -4.50. The number of aryl methyl sites for hydroxylation is 1. The third kappa shape index (κ3) is 4.84. The molecule has 1 amide bonds. The zero-order valence-electron chi connectivity index (χ0n) is 19.6. The van der Waals surface area contributed by atoms with E-state index in [1.54, 1.807) is 24.3 Å². The molecule has 5 nitrogen and oxygen atoms in total. The first-order valence-corrected chi connectivity index (χ1v) is 11.7. The molecule has 2 N–H and O–H groups in total. The minimum absolute atomic E-state index is 0.0737. The van der Waals surface area contributed by atoms with Crippen LogP contribution in [0.15, 0.2) is 85.1 Å². The van der Waals surface area contributed by atoms with E-state index in [2.05, 4.69) is 40.0 Å². The molecule has 4 aromatic rings. The summed E-state index contributed by atoms with van der Waals surface area (Å²) >= 11 is 0. The van der Waals surface area contributed by atoms with Crippen LogP contribution in [0, 0.1) is 6.92 Å². The average Bonchev–Trinajstić information content (AvgIpc) is 3.31. The molecule has 36 heavy (non-hydrogen) atoms. The van der Waals surface area contributed by atoms with Gasteiger partial charge in [0.1, 0.15) is 11.4 Å². The van der Waals surface area contributed by atoms with Crippen molar-refractivity contribution in [3.8, 4) is 11.1 Å². The molecular formula is C28H25F3N4O. The van der Waals surface area contributed by atoms with Crippen LogP contribution in [0.25, 0.3) is 11.1 Å². The lowest BCUT2D eigenvalue weighted by Crippen LogP contribution is -2.36. The van der Waals surface area contributed by atoms with Crippen molar-refractivity contribution < 1.29 is 18.0 Å². The van der Waals surface area contributed by atoms with Gasteiger partial charge >= 0.3 is 6.18 Å². The number of nitrogens with zero attached hydrogens (tertiary/aromatic N) is 2. The number of fused-ring (bicyclic) bond motifs is 1. The van der Waals surface area contributed by atoms with Crippen LogP contribution in [0.5, 0.6) is 0 Å². The fraction of sp³-hybridized carbons (Fsp3) is 0.214. The van der Waals surface area contributed by atoms with E-state index < -0.39 is 24.2 Å². The Hall–Kier alpha value is -4.07. The number of aromatic nitrogens is 2. The van der Waals surface area contributed by atoms with E-state index in [9.17, 15) is 18.0 Å². The Morgan fingerprint density at radius 2 is 1.64 bits per heavy atom. The second-order valence-corrected chi connectivity index (χ2v) is 9.00. The highest BCUT2D eigenvalue weighted by atomic mass is 19.4. The van der Waals surface area contributed by atoms with E-state index in [0.29, 0.717) is 0 Å². The molecule has 1 aromatic heterocycles. The Labute approximate surface area is 207 Å². The number of hydrogen-bond acceptors (Lipinski definition) is 3. The molecule has 2 unspecified atom stereocenters. The largest absolute Gasteiger partial charge is 0.410 e. The molecule has 0 fully saturated rings. The van der Waals surface area contributed by atoms with Gasteiger partial charge in [0, 0.05) is 13.0 Å². The van der Waals surface area contributed by atoms with Crippen molar-refractivity contribution in [2.75, 3.05) is 5.32 Å². The number of carbonyl (C=O) groups is 1. The summed E-state index contributed by atoms with van der Waals surface area (Å²) in [5.74, 6) is -0.411. The van der Waals surface area contributed by atoms with E-state index in [-0.39, 0.29) is 24.3 Å². The lowest BCUT2D eigenvalue weighted by molar-refractivity contribution is -0.173. The number of carbonyl (C=O) groups excluding carboxylic acids is 1. The number of rotatable bonds is 5. The number of hydrogen-bond donors (Lipinski definition) is 2. The minimum Gasteiger partial charge on any atom is -0.363 e. The third-order valence-corrected chi connectivity index (χ3v) is 6.48. The fourth-order valence-corrected chi connectivity index (χ4v) is 4.47. The SMILES string of the molecule is Cc1ccc(-c2ccc(CNC(=O)c3cnn4c3NC(c3ccccc3)CC4C(F)(F)F)cc2)cc1. The van der Waals surface area contributed by atoms with Gasteiger partial charge < -0.3 is 10.6 Å². The van der Waals surface area contributed by atoms with Crippen LogP contribution in [-0.2, 0) is 6.54 Å². The van der Waals surface area contributed by atoms with Crippen molar-refractivity contribution in [3.63, 3.8) is 0 Å². The van der Waals surface area contributed by atoms with Crippen molar-refractivity contribution in [2.24, 2.45) is 0 Å². The van der Waals surface area contributed by atoms with Crippen molar-refractivity contribution in [1.29, 1.82) is 0 Å². The lowest BCUT2D eigenvalue weighted by atomic mass is 9.96. The smallest absolute Gasteiger partial charge is 0.363 e. The Morgan fingerprint density at radius 1 is 1.00 bits per heavy atom. The summed E-state index contributed by atoms with van der Waals surface area (Å²) in [7, 11) is 0. The molecule has 1 aliphatic rings. The van der Waals surface area contributed by atoms with Crippen molar-refractivity contribution in [1.82, 2.24) is 15.1 Å². The number of amides is 1. The van der Waals surface area contributed by atoms with Gasteiger partial charge in [-0.2, -0.15) is 18.3 Å². The summed E-state index contributed by atoms with van der Waals surface area (Å²) < 4.78 is 42.5. The van der Waals surface area contributed by atoms with Crippen molar-refractivity contribution in [2.45, 2.75) is 38.1 Å². The Balaban J connectivity index is 1.33. The summed E-state index contributed by atoms with van der Waals surface area (Å²) in [6.45, 7) is 2.27. The molecule has 8 heteroatoms. The van der Waals surface area contributed by atoms with Gasteiger partial charge in [-0.3, -0.25) is 4.79 Å². The predicted molar refractivity (Wildman–Crippen MR) is 133 cm³/mol. The average molecular weight is 491 g/mol. The summed E-state index contributed by atoms with van der Waals surface area (Å²) in [6.07, 6.45) is -3.51. The Bertz CT molecular complexity index is 1350. The van der Waals surface area contributed by atoms with E-state index >= 15 is 0 Å².